The molecule has 1 aliphatic carbocycles. The molecule has 136 valence electrons. The van der Waals surface area contributed by atoms with E-state index in [0.717, 1.165) is 18.2 Å². The van der Waals surface area contributed by atoms with Gasteiger partial charge in [0, 0.05) is 5.69 Å². The highest BCUT2D eigenvalue weighted by atomic mass is 16.6. The van der Waals surface area contributed by atoms with Gasteiger partial charge in [0.05, 0.1) is 26.4 Å². The van der Waals surface area contributed by atoms with Crippen molar-refractivity contribution < 1.29 is 23.7 Å². The summed E-state index contributed by atoms with van der Waals surface area (Å²) in [6, 6.07) is 7.26. The number of hydrogen-bond donors (Lipinski definition) is 2. The van der Waals surface area contributed by atoms with Gasteiger partial charge < -0.3 is 24.3 Å². The Morgan fingerprint density at radius 2 is 1.92 bits per heavy atom. The molecular weight excluding hydrogens is 324 g/mol. The Morgan fingerprint density at radius 3 is 2.64 bits per heavy atom. The molecule has 4 rings (SSSR count). The van der Waals surface area contributed by atoms with Gasteiger partial charge in [0.2, 0.25) is 0 Å². The van der Waals surface area contributed by atoms with Crippen molar-refractivity contribution in [3.63, 3.8) is 0 Å². The molecule has 7 nitrogen and oxygen atoms in total. The van der Waals surface area contributed by atoms with Gasteiger partial charge in [0.1, 0.15) is 18.0 Å². The SMILES string of the molecule is COc1ccc(NC(=O)O[C@@H]2CO[C@H]3[C@@H]2OC[C@@H]3NCC2CC2)cc1. The predicted molar refractivity (Wildman–Crippen MR) is 90.9 cm³/mol. The van der Waals surface area contributed by atoms with Gasteiger partial charge in [-0.05, 0) is 49.6 Å². The number of nitrogens with one attached hydrogen (secondary N) is 2. The Labute approximate surface area is 147 Å². The van der Waals surface area contributed by atoms with Crippen LogP contribution >= 0.6 is 0 Å². The van der Waals surface area contributed by atoms with E-state index in [-0.39, 0.29) is 24.4 Å². The number of carbonyl (C=O) groups is 1. The van der Waals surface area contributed by atoms with Gasteiger partial charge >= 0.3 is 6.09 Å². The van der Waals surface area contributed by atoms with Crippen LogP contribution in [0.1, 0.15) is 12.8 Å². The summed E-state index contributed by atoms with van der Waals surface area (Å²) >= 11 is 0. The second-order valence-corrected chi connectivity index (χ2v) is 6.85. The second kappa shape index (κ2) is 7.19. The van der Waals surface area contributed by atoms with Gasteiger partial charge in [-0.25, -0.2) is 4.79 Å². The average molecular weight is 348 g/mol. The van der Waals surface area contributed by atoms with E-state index in [1.165, 1.54) is 12.8 Å². The van der Waals surface area contributed by atoms with Crippen molar-refractivity contribution in [1.29, 1.82) is 0 Å². The van der Waals surface area contributed by atoms with Crippen molar-refractivity contribution in [1.82, 2.24) is 5.32 Å². The summed E-state index contributed by atoms with van der Waals surface area (Å²) in [6.07, 6.45) is 1.50. The molecule has 1 aromatic rings. The van der Waals surface area contributed by atoms with Crippen molar-refractivity contribution in [3.8, 4) is 5.75 Å². The molecule has 2 N–H and O–H groups in total. The van der Waals surface area contributed by atoms with E-state index in [9.17, 15) is 4.79 Å². The number of amides is 1. The number of methoxy groups -OCH3 is 1. The Balaban J connectivity index is 1.27. The summed E-state index contributed by atoms with van der Waals surface area (Å²) in [4.78, 5) is 12.1. The predicted octanol–water partition coefficient (Wildman–Crippen LogP) is 1.78. The number of fused-ring (bicyclic) bond motifs is 1. The van der Waals surface area contributed by atoms with Crippen molar-refractivity contribution >= 4 is 11.8 Å². The van der Waals surface area contributed by atoms with E-state index in [2.05, 4.69) is 10.6 Å². The largest absolute Gasteiger partial charge is 0.497 e. The molecule has 0 bridgehead atoms. The third kappa shape index (κ3) is 3.89. The molecule has 7 heteroatoms. The van der Waals surface area contributed by atoms with E-state index >= 15 is 0 Å². The van der Waals surface area contributed by atoms with E-state index < -0.39 is 6.09 Å². The molecule has 3 fully saturated rings. The molecule has 1 amide bonds. The molecule has 4 atom stereocenters. The number of rotatable bonds is 6. The maximum absolute atomic E-state index is 12.1. The zero-order valence-electron chi connectivity index (χ0n) is 14.3. The van der Waals surface area contributed by atoms with Crippen LogP contribution in [0.5, 0.6) is 5.75 Å². The van der Waals surface area contributed by atoms with Crippen LogP contribution in [0.25, 0.3) is 0 Å². The minimum Gasteiger partial charge on any atom is -0.497 e. The summed E-state index contributed by atoms with van der Waals surface area (Å²) in [5, 5.41) is 6.24. The summed E-state index contributed by atoms with van der Waals surface area (Å²) in [5.41, 5.74) is 0.651. The van der Waals surface area contributed by atoms with Crippen LogP contribution in [-0.4, -0.2) is 57.3 Å². The zero-order chi connectivity index (χ0) is 17.2. The van der Waals surface area contributed by atoms with Gasteiger partial charge in [-0.2, -0.15) is 0 Å². The maximum atomic E-state index is 12.1. The summed E-state index contributed by atoms with van der Waals surface area (Å²) in [5.74, 6) is 1.54. The third-order valence-corrected chi connectivity index (χ3v) is 4.97. The lowest BCUT2D eigenvalue weighted by atomic mass is 10.1. The molecule has 25 heavy (non-hydrogen) atoms. The molecule has 2 saturated heterocycles. The van der Waals surface area contributed by atoms with Crippen molar-refractivity contribution in [2.75, 3.05) is 32.2 Å². The number of hydrogen-bond acceptors (Lipinski definition) is 6. The van der Waals surface area contributed by atoms with Crippen LogP contribution in [0, 0.1) is 5.92 Å². The average Bonchev–Trinajstić information content (AvgIpc) is 3.24. The van der Waals surface area contributed by atoms with E-state index in [0.29, 0.717) is 18.9 Å². The minimum absolute atomic E-state index is 0.0439. The van der Waals surface area contributed by atoms with Gasteiger partial charge in [-0.15, -0.1) is 0 Å². The highest BCUT2D eigenvalue weighted by molar-refractivity contribution is 5.84. The lowest BCUT2D eigenvalue weighted by Gasteiger charge is -2.18. The first-order valence-electron chi connectivity index (χ1n) is 8.81. The molecule has 1 aromatic carbocycles. The molecule has 0 aromatic heterocycles. The third-order valence-electron chi connectivity index (χ3n) is 4.97. The quantitative estimate of drug-likeness (QED) is 0.816. The van der Waals surface area contributed by atoms with Gasteiger partial charge in [-0.1, -0.05) is 0 Å². The maximum Gasteiger partial charge on any atom is 0.412 e. The number of benzene rings is 1. The molecule has 2 aliphatic heterocycles. The van der Waals surface area contributed by atoms with E-state index in [4.69, 9.17) is 18.9 Å². The van der Waals surface area contributed by atoms with Gasteiger partial charge in [-0.3, -0.25) is 5.32 Å². The fourth-order valence-electron chi connectivity index (χ4n) is 3.34. The first kappa shape index (κ1) is 16.6. The number of anilines is 1. The highest BCUT2D eigenvalue weighted by Gasteiger charge is 2.49. The van der Waals surface area contributed by atoms with Gasteiger partial charge in [0.25, 0.3) is 0 Å². The summed E-state index contributed by atoms with van der Waals surface area (Å²) in [7, 11) is 1.60. The smallest absolute Gasteiger partial charge is 0.412 e. The van der Waals surface area contributed by atoms with Crippen LogP contribution in [0.2, 0.25) is 0 Å². The van der Waals surface area contributed by atoms with Crippen molar-refractivity contribution in [3.05, 3.63) is 24.3 Å². The molecule has 0 radical (unpaired) electrons. The van der Waals surface area contributed by atoms with Crippen LogP contribution in [0.4, 0.5) is 10.5 Å². The van der Waals surface area contributed by atoms with Crippen molar-refractivity contribution in [2.24, 2.45) is 5.92 Å². The Morgan fingerprint density at radius 1 is 1.16 bits per heavy atom. The highest BCUT2D eigenvalue weighted by Crippen LogP contribution is 2.31. The monoisotopic (exact) mass is 348 g/mol. The minimum atomic E-state index is -0.502. The van der Waals surface area contributed by atoms with Crippen LogP contribution in [0.15, 0.2) is 24.3 Å². The lowest BCUT2D eigenvalue weighted by molar-refractivity contribution is 0.00856. The van der Waals surface area contributed by atoms with Crippen LogP contribution in [0.3, 0.4) is 0 Å². The Hall–Kier alpha value is -1.83. The molecular formula is C18H24N2O5. The molecule has 2 heterocycles. The first-order chi connectivity index (χ1) is 12.2. The second-order valence-electron chi connectivity index (χ2n) is 6.85. The molecule has 1 saturated carbocycles. The lowest BCUT2D eigenvalue weighted by Crippen LogP contribution is -2.42. The molecule has 0 unspecified atom stereocenters. The van der Waals surface area contributed by atoms with Crippen LogP contribution < -0.4 is 15.4 Å². The normalized spacial score (nSPS) is 30.8. The fraction of sp³-hybridized carbons (Fsp3) is 0.611. The van der Waals surface area contributed by atoms with E-state index in [1.807, 2.05) is 0 Å². The molecule has 3 aliphatic rings. The first-order valence-corrected chi connectivity index (χ1v) is 8.81. The van der Waals surface area contributed by atoms with Crippen LogP contribution in [-0.2, 0) is 14.2 Å². The number of ether oxygens (including phenoxy) is 4. The van der Waals surface area contributed by atoms with E-state index in [1.54, 1.807) is 31.4 Å². The topological polar surface area (TPSA) is 78.1 Å². The van der Waals surface area contributed by atoms with Crippen molar-refractivity contribution in [2.45, 2.75) is 37.2 Å². The fourth-order valence-corrected chi connectivity index (χ4v) is 3.34. The Kier molecular flexibility index (Phi) is 4.78. The van der Waals surface area contributed by atoms with Gasteiger partial charge in [0.15, 0.2) is 6.10 Å². The summed E-state index contributed by atoms with van der Waals surface area (Å²) < 4.78 is 22.3. The summed E-state index contributed by atoms with van der Waals surface area (Å²) in [6.45, 7) is 1.99. The Bertz CT molecular complexity index is 604. The zero-order valence-corrected chi connectivity index (χ0v) is 14.3. The molecule has 0 spiro atoms. The number of carbonyl (C=O) groups excluding carboxylic acids is 1. The standard InChI is InChI=1S/C18H24N2O5/c1-22-13-6-4-12(5-7-13)20-18(21)25-15-10-24-16-14(9-23-17(15)16)19-8-11-2-3-11/h4-7,11,14-17,19H,2-3,8-10H2,1H3,(H,20,21)/t14-,15+,16+,17+/m0/s1.